The van der Waals surface area contributed by atoms with Gasteiger partial charge in [0.15, 0.2) is 17.3 Å². The summed E-state index contributed by atoms with van der Waals surface area (Å²) in [5.74, 6) is 7.09. The van der Waals surface area contributed by atoms with Crippen LogP contribution in [0.2, 0.25) is 0 Å². The van der Waals surface area contributed by atoms with Gasteiger partial charge in [0.2, 0.25) is 6.79 Å². The average Bonchev–Trinajstić information content (AvgIpc) is 3.07. The van der Waals surface area contributed by atoms with Gasteiger partial charge in [-0.05, 0) is 13.0 Å². The van der Waals surface area contributed by atoms with Gasteiger partial charge < -0.3 is 15.3 Å². The number of nitrogen functional groups attached to an aromatic ring is 1. The first-order valence-electron chi connectivity index (χ1n) is 6.10. The molecule has 0 bridgehead atoms. The van der Waals surface area contributed by atoms with Crippen LogP contribution in [0.25, 0.3) is 0 Å². The van der Waals surface area contributed by atoms with Gasteiger partial charge in [-0.25, -0.2) is 10.1 Å². The zero-order valence-corrected chi connectivity index (χ0v) is 12.6. The van der Waals surface area contributed by atoms with Gasteiger partial charge in [0.1, 0.15) is 0 Å². The van der Waals surface area contributed by atoms with Crippen LogP contribution in [0.3, 0.4) is 0 Å². The third kappa shape index (κ3) is 3.08. The molecule has 3 rings (SSSR count). The number of aromatic nitrogens is 3. The van der Waals surface area contributed by atoms with E-state index in [9.17, 15) is 10.1 Å². The minimum atomic E-state index is -0.529. The van der Waals surface area contributed by atoms with E-state index >= 15 is 0 Å². The summed E-state index contributed by atoms with van der Waals surface area (Å²) in [5.41, 5.74) is 2.65. The topological polar surface area (TPSA) is 143 Å². The Bertz CT molecular complexity index is 776. The van der Waals surface area contributed by atoms with Crippen LogP contribution in [0, 0.1) is 17.0 Å². The van der Waals surface area contributed by atoms with E-state index in [0.717, 1.165) is 0 Å². The normalized spacial score (nSPS) is 12.2. The summed E-state index contributed by atoms with van der Waals surface area (Å²) in [4.78, 5) is 10.6. The van der Waals surface area contributed by atoms with Crippen LogP contribution < -0.4 is 20.7 Å². The van der Waals surface area contributed by atoms with E-state index < -0.39 is 4.92 Å². The molecule has 2 aromatic rings. The third-order valence-corrected chi connectivity index (χ3v) is 2.95. The number of rotatable bonds is 4. The minimum Gasteiger partial charge on any atom is -0.454 e. The van der Waals surface area contributed by atoms with Gasteiger partial charge in [0, 0.05) is 0 Å². The van der Waals surface area contributed by atoms with Gasteiger partial charge in [-0.1, -0.05) is 0 Å². The van der Waals surface area contributed by atoms with Gasteiger partial charge in [-0.2, -0.15) is 5.10 Å². The number of aryl methyl sites for hydroxylation is 1. The Labute approximate surface area is 135 Å². The molecule has 122 valence electrons. The van der Waals surface area contributed by atoms with Crippen molar-refractivity contribution >= 4 is 30.3 Å². The van der Waals surface area contributed by atoms with E-state index in [1.807, 2.05) is 0 Å². The maximum Gasteiger partial charge on any atom is 0.282 e. The molecule has 0 aliphatic carbocycles. The van der Waals surface area contributed by atoms with E-state index in [1.54, 1.807) is 6.92 Å². The molecule has 12 heteroatoms. The average molecular weight is 342 g/mol. The number of hydrazone groups is 1. The van der Waals surface area contributed by atoms with Crippen molar-refractivity contribution < 1.29 is 14.4 Å². The van der Waals surface area contributed by atoms with Crippen molar-refractivity contribution in [2.24, 2.45) is 5.10 Å². The smallest absolute Gasteiger partial charge is 0.282 e. The van der Waals surface area contributed by atoms with E-state index in [2.05, 4.69) is 20.7 Å². The molecular formula is C11H12ClN7O4. The number of fused-ring (bicyclic) bond motifs is 1. The summed E-state index contributed by atoms with van der Waals surface area (Å²) < 4.78 is 11.5. The lowest BCUT2D eigenvalue weighted by molar-refractivity contribution is -0.385. The summed E-state index contributed by atoms with van der Waals surface area (Å²) in [6, 6.07) is 2.77. The van der Waals surface area contributed by atoms with Crippen molar-refractivity contribution in [1.29, 1.82) is 0 Å². The van der Waals surface area contributed by atoms with Crippen LogP contribution >= 0.6 is 12.4 Å². The number of halogens is 1. The number of hydrogen-bond donors (Lipinski definition) is 2. The summed E-state index contributed by atoms with van der Waals surface area (Å²) in [6.45, 7) is 1.70. The number of nitro benzene ring substituents is 1. The predicted octanol–water partition coefficient (Wildman–Crippen LogP) is 0.805. The highest BCUT2D eigenvalue weighted by Gasteiger charge is 2.22. The second kappa shape index (κ2) is 6.36. The Hall–Kier alpha value is -3.08. The molecule has 2 heterocycles. The van der Waals surface area contributed by atoms with Crippen molar-refractivity contribution in [1.82, 2.24) is 14.9 Å². The fourth-order valence-corrected chi connectivity index (χ4v) is 1.81. The Morgan fingerprint density at radius 3 is 2.74 bits per heavy atom. The molecule has 0 atom stereocenters. The highest BCUT2D eigenvalue weighted by Crippen LogP contribution is 2.37. The van der Waals surface area contributed by atoms with Crippen molar-refractivity contribution in [2.45, 2.75) is 6.92 Å². The highest BCUT2D eigenvalue weighted by molar-refractivity contribution is 5.87. The molecule has 0 radical (unpaired) electrons. The molecule has 3 N–H and O–H groups in total. The molecule has 1 aromatic carbocycles. The Kier molecular flexibility index (Phi) is 4.50. The third-order valence-electron chi connectivity index (χ3n) is 2.95. The standard InChI is InChI=1S/C11H11N7O4.ClH/c1-6-14-16-11(17(6)12)15-13-4-7-2-9-10(22-5-21-9)3-8(7)18(19)20;/h2-4H,5,12H2,1H3,(H,15,16);1H/b13-4+;. The molecule has 0 saturated heterocycles. The van der Waals surface area contributed by atoms with Crippen molar-refractivity contribution in [3.8, 4) is 11.5 Å². The maximum absolute atomic E-state index is 11.1. The molecule has 11 nitrogen and oxygen atoms in total. The molecule has 1 aromatic heterocycles. The summed E-state index contributed by atoms with van der Waals surface area (Å²) in [5, 5.41) is 22.5. The molecule has 23 heavy (non-hydrogen) atoms. The van der Waals surface area contributed by atoms with Crippen LogP contribution in [-0.2, 0) is 0 Å². The predicted molar refractivity (Wildman–Crippen MR) is 82.6 cm³/mol. The Balaban J connectivity index is 0.00000192. The lowest BCUT2D eigenvalue weighted by atomic mass is 10.1. The minimum absolute atomic E-state index is 0. The van der Waals surface area contributed by atoms with E-state index in [4.69, 9.17) is 15.3 Å². The monoisotopic (exact) mass is 341 g/mol. The lowest BCUT2D eigenvalue weighted by Crippen LogP contribution is -2.13. The largest absolute Gasteiger partial charge is 0.454 e. The van der Waals surface area contributed by atoms with E-state index in [1.165, 1.54) is 23.0 Å². The molecule has 0 spiro atoms. The maximum atomic E-state index is 11.1. The highest BCUT2D eigenvalue weighted by atomic mass is 35.5. The molecule has 0 unspecified atom stereocenters. The van der Waals surface area contributed by atoms with E-state index in [-0.39, 0.29) is 36.4 Å². The van der Waals surface area contributed by atoms with Gasteiger partial charge in [0.25, 0.3) is 11.6 Å². The van der Waals surface area contributed by atoms with Gasteiger partial charge >= 0.3 is 0 Å². The number of hydrogen-bond acceptors (Lipinski definition) is 9. The quantitative estimate of drug-likeness (QED) is 0.360. The molecule has 0 fully saturated rings. The Morgan fingerprint density at radius 2 is 2.13 bits per heavy atom. The number of nitrogens with two attached hydrogens (primary N) is 1. The number of ether oxygens (including phenoxy) is 2. The van der Waals surface area contributed by atoms with E-state index in [0.29, 0.717) is 17.3 Å². The summed E-state index contributed by atoms with van der Waals surface area (Å²) in [7, 11) is 0. The van der Waals surface area contributed by atoms with Gasteiger partial charge in [0.05, 0.1) is 22.8 Å². The van der Waals surface area contributed by atoms with Crippen LogP contribution in [0.4, 0.5) is 11.6 Å². The second-order valence-corrected chi connectivity index (χ2v) is 4.33. The molecule has 1 aliphatic rings. The van der Waals surface area contributed by atoms with Gasteiger partial charge in [-0.15, -0.1) is 22.6 Å². The first kappa shape index (κ1) is 16.3. The van der Waals surface area contributed by atoms with Crippen LogP contribution in [0.15, 0.2) is 17.2 Å². The molecule has 0 saturated carbocycles. The van der Waals surface area contributed by atoms with Gasteiger partial charge in [-0.3, -0.25) is 10.1 Å². The number of benzene rings is 1. The van der Waals surface area contributed by atoms with Crippen molar-refractivity contribution in [3.05, 3.63) is 33.6 Å². The SMILES string of the molecule is Cc1nnc(N/N=C/c2cc3c(cc2[N+](=O)[O-])OCO3)n1N.Cl. The second-order valence-electron chi connectivity index (χ2n) is 4.33. The van der Waals surface area contributed by atoms with Crippen molar-refractivity contribution in [3.63, 3.8) is 0 Å². The van der Waals surface area contributed by atoms with Crippen LogP contribution in [0.5, 0.6) is 11.5 Å². The summed E-state index contributed by atoms with van der Waals surface area (Å²) >= 11 is 0. The first-order chi connectivity index (χ1) is 10.6. The number of nitrogens with one attached hydrogen (secondary N) is 1. The molecular weight excluding hydrogens is 330 g/mol. The molecule has 1 aliphatic heterocycles. The molecule has 0 amide bonds. The zero-order valence-electron chi connectivity index (χ0n) is 11.8. The fourth-order valence-electron chi connectivity index (χ4n) is 1.81. The zero-order chi connectivity index (χ0) is 15.7. The van der Waals surface area contributed by atoms with Crippen LogP contribution in [0.1, 0.15) is 11.4 Å². The number of nitro groups is 1. The van der Waals surface area contributed by atoms with Crippen LogP contribution in [-0.4, -0.2) is 32.8 Å². The summed E-state index contributed by atoms with van der Waals surface area (Å²) in [6.07, 6.45) is 1.27. The first-order valence-corrected chi connectivity index (χ1v) is 6.10. The number of nitrogens with zero attached hydrogens (tertiary/aromatic N) is 5. The number of anilines is 1. The lowest BCUT2D eigenvalue weighted by Gasteiger charge is -2.01. The van der Waals surface area contributed by atoms with Crippen molar-refractivity contribution in [2.75, 3.05) is 18.1 Å². The fraction of sp³-hybridized carbons (Fsp3) is 0.182. The Morgan fingerprint density at radius 1 is 1.43 bits per heavy atom.